The van der Waals surface area contributed by atoms with Crippen LogP contribution in [-0.4, -0.2) is 29.2 Å². The van der Waals surface area contributed by atoms with Gasteiger partial charge in [0.05, 0.1) is 12.5 Å². The molecule has 0 radical (unpaired) electrons. The number of thioether (sulfide) groups is 1. The summed E-state index contributed by atoms with van der Waals surface area (Å²) in [5.41, 5.74) is 0. The lowest BCUT2D eigenvalue weighted by Gasteiger charge is -2.29. The van der Waals surface area contributed by atoms with Gasteiger partial charge in [0, 0.05) is 5.25 Å². The highest BCUT2D eigenvalue weighted by molar-refractivity contribution is 8.00. The second-order valence-electron chi connectivity index (χ2n) is 4.90. The van der Waals surface area contributed by atoms with E-state index in [0.717, 1.165) is 0 Å². The number of amidine groups is 1. The zero-order chi connectivity index (χ0) is 11.8. The summed E-state index contributed by atoms with van der Waals surface area (Å²) in [4.78, 5) is 16.7. The first-order valence-electron chi connectivity index (χ1n) is 6.46. The number of fused-ring (bicyclic) bond motifs is 3. The molecular formula is C12H18N2O2S. The lowest BCUT2D eigenvalue weighted by Crippen LogP contribution is -2.47. The number of hydrogen-bond donors (Lipinski definition) is 1. The highest BCUT2D eigenvalue weighted by Crippen LogP contribution is 2.51. The monoisotopic (exact) mass is 254 g/mol. The van der Waals surface area contributed by atoms with Gasteiger partial charge in [-0.3, -0.25) is 10.1 Å². The van der Waals surface area contributed by atoms with Crippen molar-refractivity contribution < 1.29 is 9.53 Å². The third kappa shape index (κ3) is 1.94. The third-order valence-electron chi connectivity index (χ3n) is 3.89. The molecule has 2 fully saturated rings. The first-order valence-corrected chi connectivity index (χ1v) is 7.41. The van der Waals surface area contributed by atoms with Crippen LogP contribution in [0.25, 0.3) is 0 Å². The van der Waals surface area contributed by atoms with Gasteiger partial charge >= 0.3 is 0 Å². The molecular weight excluding hydrogens is 236 g/mol. The van der Waals surface area contributed by atoms with Crippen molar-refractivity contribution >= 4 is 23.7 Å². The molecule has 0 spiro atoms. The molecule has 1 saturated heterocycles. The summed E-state index contributed by atoms with van der Waals surface area (Å²) in [7, 11) is 0. The quantitative estimate of drug-likeness (QED) is 0.775. The molecule has 3 rings (SSSR count). The van der Waals surface area contributed by atoms with E-state index in [1.807, 2.05) is 18.7 Å². The SMILES string of the molecule is CCOC1=N[C@@H]2S[C@H]3CCCC[C@H]3[C@H]2C(=O)N1. The van der Waals surface area contributed by atoms with Crippen LogP contribution < -0.4 is 5.32 Å². The maximum Gasteiger partial charge on any atom is 0.292 e. The molecule has 1 saturated carbocycles. The van der Waals surface area contributed by atoms with Crippen LogP contribution in [0.2, 0.25) is 0 Å². The van der Waals surface area contributed by atoms with Crippen LogP contribution in [0, 0.1) is 11.8 Å². The van der Waals surface area contributed by atoms with Crippen molar-refractivity contribution in [1.82, 2.24) is 5.32 Å². The summed E-state index contributed by atoms with van der Waals surface area (Å²) < 4.78 is 5.32. The summed E-state index contributed by atoms with van der Waals surface area (Å²) in [5, 5.41) is 3.53. The number of aliphatic imine (C=N–C) groups is 1. The molecule has 1 N–H and O–H groups in total. The van der Waals surface area contributed by atoms with Crippen molar-refractivity contribution in [2.45, 2.75) is 43.2 Å². The Hall–Kier alpha value is -0.710. The van der Waals surface area contributed by atoms with Crippen molar-refractivity contribution in [2.75, 3.05) is 6.61 Å². The molecule has 94 valence electrons. The largest absolute Gasteiger partial charge is 0.465 e. The van der Waals surface area contributed by atoms with Crippen molar-refractivity contribution in [3.63, 3.8) is 0 Å². The summed E-state index contributed by atoms with van der Waals surface area (Å²) >= 11 is 1.88. The molecule has 0 unspecified atom stereocenters. The van der Waals surface area contributed by atoms with Crippen molar-refractivity contribution in [3.05, 3.63) is 0 Å². The molecule has 4 atom stereocenters. The van der Waals surface area contributed by atoms with Gasteiger partial charge in [0.1, 0.15) is 5.37 Å². The van der Waals surface area contributed by atoms with E-state index in [4.69, 9.17) is 4.74 Å². The lowest BCUT2D eigenvalue weighted by atomic mass is 9.79. The molecule has 4 nitrogen and oxygen atoms in total. The Labute approximate surface area is 106 Å². The lowest BCUT2D eigenvalue weighted by molar-refractivity contribution is -0.126. The van der Waals surface area contributed by atoms with E-state index in [1.165, 1.54) is 25.7 Å². The first kappa shape index (κ1) is 11.4. The van der Waals surface area contributed by atoms with Gasteiger partial charge in [0.25, 0.3) is 6.02 Å². The number of amides is 1. The highest BCUT2D eigenvalue weighted by atomic mass is 32.2. The number of carbonyl (C=O) groups is 1. The molecule has 3 aliphatic rings. The average molecular weight is 254 g/mol. The smallest absolute Gasteiger partial charge is 0.292 e. The van der Waals surface area contributed by atoms with Crippen LogP contribution in [0.5, 0.6) is 0 Å². The molecule has 1 aliphatic carbocycles. The van der Waals surface area contributed by atoms with Gasteiger partial charge < -0.3 is 4.74 Å². The molecule has 0 bridgehead atoms. The van der Waals surface area contributed by atoms with Gasteiger partial charge in [-0.15, -0.1) is 11.8 Å². The van der Waals surface area contributed by atoms with Crippen LogP contribution in [0.1, 0.15) is 32.6 Å². The second kappa shape index (κ2) is 4.52. The van der Waals surface area contributed by atoms with Crippen LogP contribution in [0.3, 0.4) is 0 Å². The zero-order valence-corrected chi connectivity index (χ0v) is 10.8. The minimum Gasteiger partial charge on any atom is -0.465 e. The second-order valence-corrected chi connectivity index (χ2v) is 6.26. The minimum atomic E-state index is 0.0782. The standard InChI is InChI=1S/C12H18N2O2S/c1-2-16-12-13-10(15)9-7-5-3-4-6-8(7)17-11(9)14-12/h7-9,11H,2-6H2,1H3,(H,13,14,15)/t7-,8+,9+,11-/m1/s1. The number of rotatable bonds is 1. The Morgan fingerprint density at radius 1 is 1.47 bits per heavy atom. The van der Waals surface area contributed by atoms with Gasteiger partial charge in [-0.1, -0.05) is 12.8 Å². The van der Waals surface area contributed by atoms with E-state index in [9.17, 15) is 4.79 Å². The minimum absolute atomic E-state index is 0.0782. The zero-order valence-electron chi connectivity index (χ0n) is 10.0. The average Bonchev–Trinajstić information content (AvgIpc) is 2.67. The normalized spacial score (nSPS) is 40.1. The predicted molar refractivity (Wildman–Crippen MR) is 67.8 cm³/mol. The fourth-order valence-corrected chi connectivity index (χ4v) is 4.98. The number of carbonyl (C=O) groups excluding carboxylic acids is 1. The van der Waals surface area contributed by atoms with Gasteiger partial charge in [-0.05, 0) is 25.7 Å². The number of nitrogens with one attached hydrogen (secondary N) is 1. The Kier molecular flexibility index (Phi) is 3.03. The molecule has 5 heteroatoms. The van der Waals surface area contributed by atoms with Gasteiger partial charge in [0.15, 0.2) is 0 Å². The summed E-state index contributed by atoms with van der Waals surface area (Å²) in [6, 6.07) is 0.421. The van der Waals surface area contributed by atoms with Gasteiger partial charge in [0.2, 0.25) is 5.91 Å². The molecule has 0 aromatic carbocycles. The topological polar surface area (TPSA) is 50.7 Å². The Balaban J connectivity index is 1.82. The predicted octanol–water partition coefficient (Wildman–Crippen LogP) is 1.76. The highest BCUT2D eigenvalue weighted by Gasteiger charge is 2.50. The van der Waals surface area contributed by atoms with E-state index in [-0.39, 0.29) is 17.2 Å². The van der Waals surface area contributed by atoms with Crippen molar-refractivity contribution in [2.24, 2.45) is 16.8 Å². The summed E-state index contributed by atoms with van der Waals surface area (Å²) in [6.07, 6.45) is 5.00. The van der Waals surface area contributed by atoms with E-state index in [2.05, 4.69) is 10.3 Å². The van der Waals surface area contributed by atoms with Crippen LogP contribution in [-0.2, 0) is 9.53 Å². The number of ether oxygens (including phenoxy) is 1. The Bertz CT molecular complexity index is 358. The maximum atomic E-state index is 12.1. The molecule has 17 heavy (non-hydrogen) atoms. The Morgan fingerprint density at radius 2 is 2.29 bits per heavy atom. The van der Waals surface area contributed by atoms with Gasteiger partial charge in [-0.25, -0.2) is 4.99 Å². The van der Waals surface area contributed by atoms with Crippen molar-refractivity contribution in [1.29, 1.82) is 0 Å². The van der Waals surface area contributed by atoms with Crippen molar-refractivity contribution in [3.8, 4) is 0 Å². The summed E-state index contributed by atoms with van der Waals surface area (Å²) in [5.74, 6) is 0.732. The molecule has 2 heterocycles. The molecule has 0 aromatic heterocycles. The fraction of sp³-hybridized carbons (Fsp3) is 0.833. The third-order valence-corrected chi connectivity index (χ3v) is 5.51. The van der Waals surface area contributed by atoms with E-state index in [0.29, 0.717) is 23.8 Å². The van der Waals surface area contributed by atoms with E-state index < -0.39 is 0 Å². The van der Waals surface area contributed by atoms with Gasteiger partial charge in [-0.2, -0.15) is 0 Å². The molecule has 1 amide bonds. The van der Waals surface area contributed by atoms with Crippen LogP contribution in [0.4, 0.5) is 0 Å². The van der Waals surface area contributed by atoms with Crippen LogP contribution >= 0.6 is 11.8 Å². The number of nitrogens with zero attached hydrogens (tertiary/aromatic N) is 1. The maximum absolute atomic E-state index is 12.1. The Morgan fingerprint density at radius 3 is 3.12 bits per heavy atom. The summed E-state index contributed by atoms with van der Waals surface area (Å²) in [6.45, 7) is 2.45. The van der Waals surface area contributed by atoms with E-state index >= 15 is 0 Å². The fourth-order valence-electron chi connectivity index (χ4n) is 3.16. The number of hydrogen-bond acceptors (Lipinski definition) is 4. The molecule has 0 aromatic rings. The van der Waals surface area contributed by atoms with Crippen LogP contribution in [0.15, 0.2) is 4.99 Å². The first-order chi connectivity index (χ1) is 8.29. The van der Waals surface area contributed by atoms with E-state index in [1.54, 1.807) is 0 Å². The molecule has 2 aliphatic heterocycles.